The maximum atomic E-state index is 14.0. The van der Waals surface area contributed by atoms with Crippen LogP contribution in [0.4, 0.5) is 24.8 Å². The van der Waals surface area contributed by atoms with E-state index in [1.807, 2.05) is 4.90 Å². The Morgan fingerprint density at radius 1 is 1.30 bits per heavy atom. The number of pyridine rings is 1. The van der Waals surface area contributed by atoms with Crippen LogP contribution in [0.25, 0.3) is 11.2 Å². The third-order valence-corrected chi connectivity index (χ3v) is 6.77. The Hall–Kier alpha value is -3.94. The van der Waals surface area contributed by atoms with Crippen molar-refractivity contribution < 1.29 is 22.6 Å². The first-order chi connectivity index (χ1) is 19.2. The predicted octanol–water partition coefficient (Wildman–Crippen LogP) is 4.99. The fourth-order valence-electron chi connectivity index (χ4n) is 4.42. The van der Waals surface area contributed by atoms with E-state index in [0.717, 1.165) is 18.7 Å². The molecule has 0 atom stereocenters. The third-order valence-electron chi connectivity index (χ3n) is 6.40. The number of aromatic nitrogens is 3. The van der Waals surface area contributed by atoms with Crippen molar-refractivity contribution in [2.45, 2.75) is 19.1 Å². The third kappa shape index (κ3) is 5.96. The number of fused-ring (bicyclic) bond motifs is 1. The summed E-state index contributed by atoms with van der Waals surface area (Å²) in [5.41, 5.74) is 0.817. The van der Waals surface area contributed by atoms with Crippen LogP contribution in [-0.2, 0) is 24.5 Å². The van der Waals surface area contributed by atoms with E-state index < -0.39 is 11.7 Å². The molecule has 0 amide bonds. The zero-order valence-electron chi connectivity index (χ0n) is 21.4. The largest absolute Gasteiger partial charge is 0.450 e. The van der Waals surface area contributed by atoms with E-state index in [4.69, 9.17) is 26.5 Å². The van der Waals surface area contributed by atoms with Crippen molar-refractivity contribution in [2.24, 2.45) is 12.0 Å². The molecule has 1 fully saturated rings. The highest BCUT2D eigenvalue weighted by Gasteiger charge is 2.34. The number of allylic oxidation sites excluding steroid dienone is 2. The molecule has 2 aliphatic heterocycles. The van der Waals surface area contributed by atoms with E-state index in [0.29, 0.717) is 37.5 Å². The number of ether oxygens (including phenoxy) is 2. The van der Waals surface area contributed by atoms with Crippen molar-refractivity contribution in [1.29, 1.82) is 5.41 Å². The summed E-state index contributed by atoms with van der Waals surface area (Å²) in [6, 6.07) is 4.17. The monoisotopic (exact) mass is 574 g/mol. The number of anilines is 2. The number of benzene rings is 1. The Labute approximate surface area is 232 Å². The second-order valence-corrected chi connectivity index (χ2v) is 9.48. The molecule has 0 bridgehead atoms. The Balaban J connectivity index is 1.42. The Morgan fingerprint density at radius 2 is 2.15 bits per heavy atom. The van der Waals surface area contributed by atoms with Crippen LogP contribution in [-0.4, -0.2) is 58.2 Å². The summed E-state index contributed by atoms with van der Waals surface area (Å²) in [5.74, 6) is 0.565. The minimum atomic E-state index is -4.53. The van der Waals surface area contributed by atoms with Gasteiger partial charge in [0.2, 0.25) is 5.95 Å². The van der Waals surface area contributed by atoms with Crippen molar-refractivity contribution in [3.63, 3.8) is 0 Å². The standard InChI is InChI=1S/C26H26ClF3N8O2/c1-37-23-22(27)21(40-20(12-31)19-13-32-5-6-33-19)14-34-24(23)36-25(37)35-17-4-3-16(18(11-17)26(28,29)30)15-38-7-2-9-39-10-8-38/h3-6,11-14,31,33H,2,7-10,15H2,1H3,(H,34,35,36)/b20-19+,31-12?. The number of rotatable bonds is 7. The maximum absolute atomic E-state index is 14.0. The Kier molecular flexibility index (Phi) is 8.05. The summed E-state index contributed by atoms with van der Waals surface area (Å²) in [7, 11) is 1.66. The summed E-state index contributed by atoms with van der Waals surface area (Å²) in [5, 5.41) is 13.8. The smallest absolute Gasteiger partial charge is 0.416 e. The number of nitrogens with one attached hydrogen (secondary N) is 3. The van der Waals surface area contributed by atoms with E-state index in [1.165, 1.54) is 18.5 Å². The van der Waals surface area contributed by atoms with E-state index in [9.17, 15) is 13.2 Å². The number of alkyl halides is 3. The highest BCUT2D eigenvalue weighted by Crippen LogP contribution is 2.37. The molecule has 4 heterocycles. The SMILES string of the molecule is Cn1c(Nc2ccc(CN3CCCOCC3)c(C(F)(F)F)c2)nc2ncc(O/C(C=N)=C3\C=NC=CN3)c(Cl)c21. The number of aliphatic imine (C=N–C) groups is 1. The van der Waals surface area contributed by atoms with E-state index in [-0.39, 0.29) is 45.9 Å². The van der Waals surface area contributed by atoms with Crippen molar-refractivity contribution in [3.8, 4) is 5.75 Å². The number of halogens is 4. The lowest BCUT2D eigenvalue weighted by molar-refractivity contribution is -0.138. The summed E-state index contributed by atoms with van der Waals surface area (Å²) >= 11 is 6.63. The quantitative estimate of drug-likeness (QED) is 0.269. The van der Waals surface area contributed by atoms with Gasteiger partial charge in [-0.05, 0) is 24.1 Å². The van der Waals surface area contributed by atoms with Crippen LogP contribution in [0.1, 0.15) is 17.5 Å². The van der Waals surface area contributed by atoms with Gasteiger partial charge in [-0.2, -0.15) is 18.2 Å². The molecule has 0 radical (unpaired) electrons. The van der Waals surface area contributed by atoms with Crippen LogP contribution >= 0.6 is 11.6 Å². The van der Waals surface area contributed by atoms with Crippen LogP contribution < -0.4 is 15.4 Å². The lowest BCUT2D eigenvalue weighted by atomic mass is 10.0. The minimum Gasteiger partial charge on any atom is -0.450 e. The molecule has 0 saturated carbocycles. The molecule has 1 saturated heterocycles. The van der Waals surface area contributed by atoms with Crippen LogP contribution in [0.3, 0.4) is 0 Å². The van der Waals surface area contributed by atoms with E-state index in [2.05, 4.69) is 25.6 Å². The van der Waals surface area contributed by atoms with Gasteiger partial charge in [0, 0.05) is 51.4 Å². The summed E-state index contributed by atoms with van der Waals surface area (Å²) in [6.07, 6.45) is 3.25. The summed E-state index contributed by atoms with van der Waals surface area (Å²) in [6.45, 7) is 2.55. The molecule has 10 nitrogen and oxygen atoms in total. The van der Waals surface area contributed by atoms with Gasteiger partial charge in [-0.25, -0.2) is 4.98 Å². The molecule has 5 rings (SSSR count). The molecule has 210 valence electrons. The second kappa shape index (κ2) is 11.7. The first-order valence-electron chi connectivity index (χ1n) is 12.4. The van der Waals surface area contributed by atoms with Gasteiger partial charge in [-0.3, -0.25) is 9.89 Å². The van der Waals surface area contributed by atoms with Gasteiger partial charge in [0.15, 0.2) is 17.2 Å². The average molecular weight is 575 g/mol. The van der Waals surface area contributed by atoms with Gasteiger partial charge in [0.25, 0.3) is 0 Å². The molecule has 2 aromatic heterocycles. The molecule has 14 heteroatoms. The highest BCUT2D eigenvalue weighted by atomic mass is 35.5. The van der Waals surface area contributed by atoms with Crippen molar-refractivity contribution in [2.75, 3.05) is 31.6 Å². The molecule has 0 unspecified atom stereocenters. The van der Waals surface area contributed by atoms with Gasteiger partial charge in [-0.15, -0.1) is 0 Å². The van der Waals surface area contributed by atoms with Gasteiger partial charge in [0.05, 0.1) is 30.8 Å². The lowest BCUT2D eigenvalue weighted by Gasteiger charge is -2.22. The first kappa shape index (κ1) is 27.6. The number of imidazole rings is 1. The van der Waals surface area contributed by atoms with Crippen LogP contribution in [0, 0.1) is 5.41 Å². The summed E-state index contributed by atoms with van der Waals surface area (Å²) < 4.78 is 55.0. The number of hydrogen-bond acceptors (Lipinski definition) is 9. The van der Waals surface area contributed by atoms with Crippen molar-refractivity contribution in [3.05, 3.63) is 64.4 Å². The summed E-state index contributed by atoms with van der Waals surface area (Å²) in [4.78, 5) is 14.7. The van der Waals surface area contributed by atoms with Crippen molar-refractivity contribution in [1.82, 2.24) is 24.8 Å². The fourth-order valence-corrected chi connectivity index (χ4v) is 4.72. The van der Waals surface area contributed by atoms with Gasteiger partial charge >= 0.3 is 6.18 Å². The molecular weight excluding hydrogens is 549 g/mol. The van der Waals surface area contributed by atoms with Crippen LogP contribution in [0.15, 0.2) is 53.2 Å². The predicted molar refractivity (Wildman–Crippen MR) is 146 cm³/mol. The van der Waals surface area contributed by atoms with Crippen molar-refractivity contribution >= 4 is 46.8 Å². The maximum Gasteiger partial charge on any atom is 0.416 e. The van der Waals surface area contributed by atoms with Crippen LogP contribution in [0.5, 0.6) is 5.75 Å². The Bertz CT molecular complexity index is 1510. The molecule has 0 spiro atoms. The molecule has 3 N–H and O–H groups in total. The average Bonchev–Trinajstić information content (AvgIpc) is 3.08. The second-order valence-electron chi connectivity index (χ2n) is 9.10. The van der Waals surface area contributed by atoms with Gasteiger partial charge in [-0.1, -0.05) is 17.7 Å². The normalized spacial score (nSPS) is 17.4. The Morgan fingerprint density at radius 3 is 2.90 bits per heavy atom. The first-order valence-corrected chi connectivity index (χ1v) is 12.8. The topological polar surface area (TPSA) is 113 Å². The molecule has 3 aromatic rings. The van der Waals surface area contributed by atoms with E-state index >= 15 is 0 Å². The number of aryl methyl sites for hydroxylation is 1. The molecule has 1 aromatic carbocycles. The molecular formula is C26H26ClF3N8O2. The minimum absolute atomic E-state index is 0.157. The highest BCUT2D eigenvalue weighted by molar-refractivity contribution is 6.36. The zero-order chi connectivity index (χ0) is 28.3. The number of hydrogen-bond donors (Lipinski definition) is 3. The van der Waals surface area contributed by atoms with Crippen LogP contribution in [0.2, 0.25) is 5.02 Å². The van der Waals surface area contributed by atoms with Gasteiger partial charge < -0.3 is 30.1 Å². The molecule has 40 heavy (non-hydrogen) atoms. The van der Waals surface area contributed by atoms with E-state index in [1.54, 1.807) is 30.1 Å². The zero-order valence-corrected chi connectivity index (χ0v) is 22.2. The molecule has 0 aliphatic carbocycles. The molecule has 2 aliphatic rings. The van der Waals surface area contributed by atoms with Gasteiger partial charge in [0.1, 0.15) is 16.2 Å². The fraction of sp³-hybridized carbons (Fsp3) is 0.308. The number of nitrogens with zero attached hydrogens (tertiary/aromatic N) is 5. The lowest BCUT2D eigenvalue weighted by Crippen LogP contribution is -2.27.